The summed E-state index contributed by atoms with van der Waals surface area (Å²) < 4.78 is 13.1. The van der Waals surface area contributed by atoms with Gasteiger partial charge in [-0.25, -0.2) is 4.39 Å². The lowest BCUT2D eigenvalue weighted by molar-refractivity contribution is -0.119. The molecule has 0 saturated carbocycles. The minimum atomic E-state index is -0.639. The summed E-state index contributed by atoms with van der Waals surface area (Å²) in [7, 11) is 0. The van der Waals surface area contributed by atoms with Crippen LogP contribution in [0.4, 0.5) is 15.8 Å². The first kappa shape index (κ1) is 22.1. The number of carbonyl (C=O) groups is 3. The quantitative estimate of drug-likeness (QED) is 0.696. The predicted molar refractivity (Wildman–Crippen MR) is 121 cm³/mol. The van der Waals surface area contributed by atoms with E-state index >= 15 is 0 Å². The number of halogens is 1. The van der Waals surface area contributed by atoms with Crippen LogP contribution in [0.2, 0.25) is 0 Å². The summed E-state index contributed by atoms with van der Waals surface area (Å²) in [5.41, 5.74) is 3.20. The topological polar surface area (TPSA) is 78.5 Å². The molecule has 1 fully saturated rings. The highest BCUT2D eigenvalue weighted by molar-refractivity contribution is 6.07. The van der Waals surface area contributed by atoms with Gasteiger partial charge in [-0.2, -0.15) is 0 Å². The second-order valence-electron chi connectivity index (χ2n) is 9.26. The third kappa shape index (κ3) is 4.30. The molecule has 2 amide bonds. The number of benzene rings is 2. The molecule has 2 aliphatic heterocycles. The van der Waals surface area contributed by atoms with Crippen LogP contribution < -0.4 is 10.6 Å². The van der Waals surface area contributed by atoms with E-state index in [0.29, 0.717) is 37.2 Å². The molecule has 0 radical (unpaired) electrons. The summed E-state index contributed by atoms with van der Waals surface area (Å²) in [6, 6.07) is 9.40. The monoisotopic (exact) mass is 437 g/mol. The van der Waals surface area contributed by atoms with E-state index in [-0.39, 0.29) is 35.9 Å². The van der Waals surface area contributed by atoms with Gasteiger partial charge in [-0.05, 0) is 94.2 Å². The Kier molecular flexibility index (Phi) is 5.86. The number of ketones is 1. The summed E-state index contributed by atoms with van der Waals surface area (Å²) in [4.78, 5) is 39.6. The molecule has 4 rings (SSSR count). The van der Waals surface area contributed by atoms with Crippen molar-refractivity contribution in [3.05, 3.63) is 58.9 Å². The van der Waals surface area contributed by atoms with Crippen molar-refractivity contribution >= 4 is 29.0 Å². The van der Waals surface area contributed by atoms with Crippen molar-refractivity contribution in [2.45, 2.75) is 39.0 Å². The number of likely N-dealkylation sites (tertiary alicyclic amines) is 1. The predicted octanol–water partition coefficient (Wildman–Crippen LogP) is 3.90. The van der Waals surface area contributed by atoms with Gasteiger partial charge in [0.05, 0.1) is 12.0 Å². The Labute approximate surface area is 187 Å². The van der Waals surface area contributed by atoms with Gasteiger partial charge >= 0.3 is 0 Å². The second kappa shape index (κ2) is 8.47. The average molecular weight is 438 g/mol. The highest BCUT2D eigenvalue weighted by Crippen LogP contribution is 2.41. The molecule has 2 aromatic rings. The number of anilines is 2. The van der Waals surface area contributed by atoms with Gasteiger partial charge < -0.3 is 10.6 Å². The molecule has 2 aliphatic rings. The fraction of sp³-hybridized carbons (Fsp3) is 0.400. The molecule has 2 N–H and O–H groups in total. The van der Waals surface area contributed by atoms with Crippen LogP contribution in [0.5, 0.6) is 0 Å². The van der Waals surface area contributed by atoms with Crippen molar-refractivity contribution in [2.24, 2.45) is 5.92 Å². The zero-order valence-corrected chi connectivity index (χ0v) is 18.6. The average Bonchev–Trinajstić information content (AvgIpc) is 2.98. The Hall–Kier alpha value is -3.06. The molecule has 6 nitrogen and oxygen atoms in total. The number of nitrogens with one attached hydrogen (secondary N) is 2. The van der Waals surface area contributed by atoms with Gasteiger partial charge in [0.25, 0.3) is 0 Å². The van der Waals surface area contributed by atoms with Crippen LogP contribution in [-0.2, 0) is 15.0 Å². The van der Waals surface area contributed by atoms with Crippen LogP contribution in [0.25, 0.3) is 0 Å². The highest BCUT2D eigenvalue weighted by atomic mass is 19.1. The first-order valence-corrected chi connectivity index (χ1v) is 10.9. The van der Waals surface area contributed by atoms with Gasteiger partial charge in [0.15, 0.2) is 5.78 Å². The van der Waals surface area contributed by atoms with Gasteiger partial charge in [-0.3, -0.25) is 19.3 Å². The van der Waals surface area contributed by atoms with E-state index in [1.165, 1.54) is 24.3 Å². The van der Waals surface area contributed by atoms with E-state index in [9.17, 15) is 18.8 Å². The summed E-state index contributed by atoms with van der Waals surface area (Å²) in [6.07, 6.45) is 1.34. The summed E-state index contributed by atoms with van der Waals surface area (Å²) in [6.45, 7) is 7.21. The lowest BCUT2D eigenvalue weighted by atomic mass is 9.85. The molecule has 0 spiro atoms. The second-order valence-corrected chi connectivity index (χ2v) is 9.26. The van der Waals surface area contributed by atoms with Crippen LogP contribution in [0.15, 0.2) is 36.4 Å². The molecule has 2 heterocycles. The molecule has 1 saturated heterocycles. The number of nitrogens with zero attached hydrogens (tertiary/aromatic N) is 1. The van der Waals surface area contributed by atoms with Crippen molar-refractivity contribution < 1.29 is 18.8 Å². The maximum atomic E-state index is 13.1. The van der Waals surface area contributed by atoms with E-state index in [1.54, 1.807) is 0 Å². The third-order valence-electron chi connectivity index (χ3n) is 6.55. The van der Waals surface area contributed by atoms with Crippen molar-refractivity contribution in [3.8, 4) is 0 Å². The Balaban J connectivity index is 1.33. The van der Waals surface area contributed by atoms with Crippen LogP contribution >= 0.6 is 0 Å². The number of hydrogen-bond acceptors (Lipinski definition) is 4. The summed E-state index contributed by atoms with van der Waals surface area (Å²) in [5, 5.41) is 5.88. The van der Waals surface area contributed by atoms with E-state index in [2.05, 4.69) is 10.6 Å². The van der Waals surface area contributed by atoms with Crippen LogP contribution in [0, 0.1) is 18.7 Å². The number of rotatable bonds is 5. The standard InChI is InChI=1S/C25H28FN3O3/c1-15-12-19(13-20-22(15)28-24(32)25(20,2)3)27-21(30)14-29-10-8-17(9-11-29)23(31)16-4-6-18(26)7-5-16/h4-7,12-13,17H,8-11,14H2,1-3H3,(H,27,30)(H,28,32). The largest absolute Gasteiger partial charge is 0.325 e. The fourth-order valence-electron chi connectivity index (χ4n) is 4.52. The van der Waals surface area contributed by atoms with Crippen molar-refractivity contribution in [1.29, 1.82) is 0 Å². The SMILES string of the molecule is Cc1cc(NC(=O)CN2CCC(C(=O)c3ccc(F)cc3)CC2)cc2c1NC(=O)C2(C)C. The third-order valence-corrected chi connectivity index (χ3v) is 6.55. The Morgan fingerprint density at radius 3 is 2.47 bits per heavy atom. The number of carbonyl (C=O) groups excluding carboxylic acids is 3. The molecule has 7 heteroatoms. The lowest BCUT2D eigenvalue weighted by Gasteiger charge is -2.30. The lowest BCUT2D eigenvalue weighted by Crippen LogP contribution is -2.40. The van der Waals surface area contributed by atoms with Crippen molar-refractivity contribution in [3.63, 3.8) is 0 Å². The maximum Gasteiger partial charge on any atom is 0.238 e. The molecule has 32 heavy (non-hydrogen) atoms. The number of Topliss-reactive ketones (excluding diaryl/α,β-unsaturated/α-hetero) is 1. The van der Waals surface area contributed by atoms with E-state index in [0.717, 1.165) is 16.8 Å². The molecule has 0 aromatic heterocycles. The van der Waals surface area contributed by atoms with E-state index in [4.69, 9.17) is 0 Å². The number of hydrogen-bond donors (Lipinski definition) is 2. The van der Waals surface area contributed by atoms with Crippen LogP contribution in [0.1, 0.15) is 48.2 Å². The van der Waals surface area contributed by atoms with Gasteiger partial charge in [-0.1, -0.05) is 0 Å². The van der Waals surface area contributed by atoms with Gasteiger partial charge in [0.2, 0.25) is 11.8 Å². The number of fused-ring (bicyclic) bond motifs is 1. The number of amides is 2. The smallest absolute Gasteiger partial charge is 0.238 e. The molecule has 2 aromatic carbocycles. The fourth-order valence-corrected chi connectivity index (χ4v) is 4.52. The molecule has 0 bridgehead atoms. The van der Waals surface area contributed by atoms with Gasteiger partial charge in [-0.15, -0.1) is 0 Å². The van der Waals surface area contributed by atoms with Crippen molar-refractivity contribution in [1.82, 2.24) is 4.90 Å². The molecule has 168 valence electrons. The van der Waals surface area contributed by atoms with Crippen molar-refractivity contribution in [2.75, 3.05) is 30.3 Å². The minimum absolute atomic E-state index is 0.0356. The first-order valence-electron chi connectivity index (χ1n) is 10.9. The van der Waals surface area contributed by atoms with Gasteiger partial charge in [0, 0.05) is 22.9 Å². The zero-order chi connectivity index (χ0) is 23.0. The Morgan fingerprint density at radius 2 is 1.81 bits per heavy atom. The van der Waals surface area contributed by atoms with Crippen LogP contribution in [0.3, 0.4) is 0 Å². The number of aryl methyl sites for hydroxylation is 1. The maximum absolute atomic E-state index is 13.1. The Morgan fingerprint density at radius 1 is 1.16 bits per heavy atom. The van der Waals surface area contributed by atoms with Gasteiger partial charge in [0.1, 0.15) is 5.82 Å². The van der Waals surface area contributed by atoms with E-state index < -0.39 is 5.41 Å². The summed E-state index contributed by atoms with van der Waals surface area (Å²) in [5.74, 6) is -0.591. The highest BCUT2D eigenvalue weighted by Gasteiger charge is 2.39. The normalized spacial score (nSPS) is 18.2. The van der Waals surface area contributed by atoms with Crippen LogP contribution in [-0.4, -0.2) is 42.1 Å². The molecule has 0 unspecified atom stereocenters. The molecule has 0 atom stereocenters. The molecule has 0 aliphatic carbocycles. The zero-order valence-electron chi connectivity index (χ0n) is 18.6. The summed E-state index contributed by atoms with van der Waals surface area (Å²) >= 11 is 0. The molecular weight excluding hydrogens is 409 g/mol. The first-order chi connectivity index (χ1) is 15.1. The minimum Gasteiger partial charge on any atom is -0.325 e. The number of piperidine rings is 1. The molecular formula is C25H28FN3O3. The van der Waals surface area contributed by atoms with E-state index in [1.807, 2.05) is 37.8 Å². The Bertz CT molecular complexity index is 1070.